The predicted octanol–water partition coefficient (Wildman–Crippen LogP) is 2.35. The van der Waals surface area contributed by atoms with Crippen LogP contribution < -0.4 is 5.73 Å². The highest BCUT2D eigenvalue weighted by molar-refractivity contribution is 5.17. The quantitative estimate of drug-likeness (QED) is 0.896. The molecular formula is C15H18FN3. The fourth-order valence-electron chi connectivity index (χ4n) is 2.09. The minimum absolute atomic E-state index is 0.0613. The first-order chi connectivity index (χ1) is 9.20. The van der Waals surface area contributed by atoms with Gasteiger partial charge in [-0.2, -0.15) is 0 Å². The van der Waals surface area contributed by atoms with E-state index >= 15 is 0 Å². The van der Waals surface area contributed by atoms with Crippen LogP contribution in [-0.4, -0.2) is 23.5 Å². The Morgan fingerprint density at radius 2 is 1.95 bits per heavy atom. The molecule has 0 aliphatic heterocycles. The maximum atomic E-state index is 12.9. The lowest BCUT2D eigenvalue weighted by atomic mass is 10.1. The molecule has 1 atom stereocenters. The van der Waals surface area contributed by atoms with Crippen molar-refractivity contribution in [2.45, 2.75) is 12.6 Å². The molecule has 1 aromatic carbocycles. The van der Waals surface area contributed by atoms with Crippen LogP contribution >= 0.6 is 0 Å². The van der Waals surface area contributed by atoms with Gasteiger partial charge in [0.15, 0.2) is 0 Å². The summed E-state index contributed by atoms with van der Waals surface area (Å²) < 4.78 is 12.9. The number of nitrogens with two attached hydrogens (primary N) is 1. The topological polar surface area (TPSA) is 42.1 Å². The van der Waals surface area contributed by atoms with E-state index in [4.69, 9.17) is 5.73 Å². The van der Waals surface area contributed by atoms with Gasteiger partial charge in [0.1, 0.15) is 5.82 Å². The zero-order valence-corrected chi connectivity index (χ0v) is 11.0. The molecule has 19 heavy (non-hydrogen) atoms. The van der Waals surface area contributed by atoms with Gasteiger partial charge in [-0.3, -0.25) is 9.88 Å². The van der Waals surface area contributed by atoms with Crippen molar-refractivity contribution in [2.75, 3.05) is 13.6 Å². The van der Waals surface area contributed by atoms with Crippen LogP contribution in [0.25, 0.3) is 0 Å². The minimum atomic E-state index is -0.216. The Bertz CT molecular complexity index is 499. The Balaban J connectivity index is 2.09. The first kappa shape index (κ1) is 13.6. The van der Waals surface area contributed by atoms with E-state index in [0.29, 0.717) is 13.1 Å². The van der Waals surface area contributed by atoms with Crippen molar-refractivity contribution in [1.29, 1.82) is 0 Å². The van der Waals surface area contributed by atoms with Gasteiger partial charge in [-0.25, -0.2) is 4.39 Å². The summed E-state index contributed by atoms with van der Waals surface area (Å²) in [6, 6.07) is 12.4. The highest BCUT2D eigenvalue weighted by atomic mass is 19.1. The van der Waals surface area contributed by atoms with E-state index < -0.39 is 0 Å². The first-order valence-electron chi connectivity index (χ1n) is 6.26. The molecule has 0 saturated heterocycles. The number of aromatic nitrogens is 1. The van der Waals surface area contributed by atoms with Crippen LogP contribution in [0.15, 0.2) is 48.7 Å². The molecule has 1 heterocycles. The van der Waals surface area contributed by atoms with Crippen LogP contribution in [0.1, 0.15) is 17.3 Å². The Labute approximate surface area is 112 Å². The van der Waals surface area contributed by atoms with E-state index in [1.54, 1.807) is 18.3 Å². The highest BCUT2D eigenvalue weighted by Crippen LogP contribution is 2.18. The summed E-state index contributed by atoms with van der Waals surface area (Å²) in [7, 11) is 2.00. The van der Waals surface area contributed by atoms with Crippen molar-refractivity contribution in [3.8, 4) is 0 Å². The van der Waals surface area contributed by atoms with Crippen molar-refractivity contribution >= 4 is 0 Å². The molecule has 4 heteroatoms. The second-order valence-corrected chi connectivity index (χ2v) is 4.55. The Hall–Kier alpha value is -1.78. The third kappa shape index (κ3) is 3.59. The van der Waals surface area contributed by atoms with Crippen LogP contribution in [0.4, 0.5) is 4.39 Å². The standard InChI is InChI=1S/C15H18FN3/c1-19(11-12-5-7-13(16)8-6-12)15(10-17)14-4-2-3-9-18-14/h2-9,15H,10-11,17H2,1H3. The molecule has 0 saturated carbocycles. The van der Waals surface area contributed by atoms with Gasteiger partial charge in [0.05, 0.1) is 11.7 Å². The highest BCUT2D eigenvalue weighted by Gasteiger charge is 2.16. The number of benzene rings is 1. The van der Waals surface area contributed by atoms with Crippen LogP contribution in [0.2, 0.25) is 0 Å². The zero-order chi connectivity index (χ0) is 13.7. The molecule has 2 rings (SSSR count). The average molecular weight is 259 g/mol. The normalized spacial score (nSPS) is 12.6. The second-order valence-electron chi connectivity index (χ2n) is 4.55. The van der Waals surface area contributed by atoms with Gasteiger partial charge < -0.3 is 5.73 Å². The Kier molecular flexibility index (Phi) is 4.60. The predicted molar refractivity (Wildman–Crippen MR) is 73.9 cm³/mol. The monoisotopic (exact) mass is 259 g/mol. The zero-order valence-electron chi connectivity index (χ0n) is 11.0. The minimum Gasteiger partial charge on any atom is -0.329 e. The molecule has 2 N–H and O–H groups in total. The third-order valence-corrected chi connectivity index (χ3v) is 3.13. The van der Waals surface area contributed by atoms with Gasteiger partial charge in [-0.05, 0) is 36.9 Å². The molecule has 100 valence electrons. The first-order valence-corrected chi connectivity index (χ1v) is 6.26. The number of nitrogens with zero attached hydrogens (tertiary/aromatic N) is 2. The number of pyridine rings is 1. The van der Waals surface area contributed by atoms with Crippen molar-refractivity contribution in [3.05, 3.63) is 65.7 Å². The van der Waals surface area contributed by atoms with Gasteiger partial charge in [0.2, 0.25) is 0 Å². The molecule has 0 aliphatic carbocycles. The lowest BCUT2D eigenvalue weighted by Gasteiger charge is -2.26. The van der Waals surface area contributed by atoms with Gasteiger partial charge in [-0.15, -0.1) is 0 Å². The fraction of sp³-hybridized carbons (Fsp3) is 0.267. The third-order valence-electron chi connectivity index (χ3n) is 3.13. The van der Waals surface area contributed by atoms with Gasteiger partial charge >= 0.3 is 0 Å². The molecule has 0 aliphatic rings. The number of hydrogen-bond donors (Lipinski definition) is 1. The molecule has 0 radical (unpaired) electrons. The summed E-state index contributed by atoms with van der Waals surface area (Å²) in [5.41, 5.74) is 7.85. The lowest BCUT2D eigenvalue weighted by molar-refractivity contribution is 0.237. The van der Waals surface area contributed by atoms with Gasteiger partial charge in [-0.1, -0.05) is 18.2 Å². The second kappa shape index (κ2) is 6.41. The molecular weight excluding hydrogens is 241 g/mol. The van der Waals surface area contributed by atoms with E-state index in [0.717, 1.165) is 11.3 Å². The molecule has 0 fully saturated rings. The maximum Gasteiger partial charge on any atom is 0.123 e. The molecule has 2 aromatic rings. The van der Waals surface area contributed by atoms with Crippen LogP contribution in [-0.2, 0) is 6.54 Å². The fourth-order valence-corrected chi connectivity index (χ4v) is 2.09. The molecule has 0 amide bonds. The van der Waals surface area contributed by atoms with Crippen molar-refractivity contribution < 1.29 is 4.39 Å². The lowest BCUT2D eigenvalue weighted by Crippen LogP contribution is -2.30. The van der Waals surface area contributed by atoms with E-state index in [1.807, 2.05) is 25.2 Å². The SMILES string of the molecule is CN(Cc1ccc(F)cc1)C(CN)c1ccccn1. The van der Waals surface area contributed by atoms with E-state index in [2.05, 4.69) is 9.88 Å². The smallest absolute Gasteiger partial charge is 0.123 e. The largest absolute Gasteiger partial charge is 0.329 e. The van der Waals surface area contributed by atoms with Gasteiger partial charge in [0, 0.05) is 19.3 Å². The number of likely N-dealkylation sites (N-methyl/N-ethyl adjacent to an activating group) is 1. The van der Waals surface area contributed by atoms with E-state index in [1.165, 1.54) is 12.1 Å². The number of hydrogen-bond acceptors (Lipinski definition) is 3. The van der Waals surface area contributed by atoms with E-state index in [9.17, 15) is 4.39 Å². The van der Waals surface area contributed by atoms with Crippen LogP contribution in [0.5, 0.6) is 0 Å². The number of rotatable bonds is 5. The summed E-state index contributed by atoms with van der Waals surface area (Å²) in [6.45, 7) is 1.20. The van der Waals surface area contributed by atoms with E-state index in [-0.39, 0.29) is 11.9 Å². The summed E-state index contributed by atoms with van der Waals surface area (Å²) in [6.07, 6.45) is 1.77. The molecule has 0 spiro atoms. The van der Waals surface area contributed by atoms with Crippen LogP contribution in [0, 0.1) is 5.82 Å². The maximum absolute atomic E-state index is 12.9. The molecule has 1 aromatic heterocycles. The summed E-state index contributed by atoms with van der Waals surface area (Å²) in [4.78, 5) is 6.47. The van der Waals surface area contributed by atoms with Crippen molar-refractivity contribution in [2.24, 2.45) is 5.73 Å². The Morgan fingerprint density at radius 1 is 1.21 bits per heavy atom. The summed E-state index contributed by atoms with van der Waals surface area (Å²) in [5.74, 6) is -0.216. The average Bonchev–Trinajstić information content (AvgIpc) is 2.43. The molecule has 0 bridgehead atoms. The molecule has 1 unspecified atom stereocenters. The number of halogens is 1. The van der Waals surface area contributed by atoms with Gasteiger partial charge in [0.25, 0.3) is 0 Å². The summed E-state index contributed by atoms with van der Waals surface area (Å²) in [5, 5.41) is 0. The Morgan fingerprint density at radius 3 is 2.53 bits per heavy atom. The summed E-state index contributed by atoms with van der Waals surface area (Å²) >= 11 is 0. The molecule has 3 nitrogen and oxygen atoms in total. The van der Waals surface area contributed by atoms with Crippen molar-refractivity contribution in [1.82, 2.24) is 9.88 Å². The van der Waals surface area contributed by atoms with Crippen LogP contribution in [0.3, 0.4) is 0 Å². The van der Waals surface area contributed by atoms with Crippen molar-refractivity contribution in [3.63, 3.8) is 0 Å².